The second kappa shape index (κ2) is 10.3. The summed E-state index contributed by atoms with van der Waals surface area (Å²) in [4.78, 5) is 26.6. The van der Waals surface area contributed by atoms with Gasteiger partial charge in [0, 0.05) is 23.8 Å². The number of hydrogen-bond acceptors (Lipinski definition) is 5. The maximum Gasteiger partial charge on any atom is 0.258 e. The van der Waals surface area contributed by atoms with Crippen LogP contribution in [-0.2, 0) is 6.54 Å². The number of fused-ring (bicyclic) bond motifs is 1. The Morgan fingerprint density at radius 1 is 0.886 bits per heavy atom. The van der Waals surface area contributed by atoms with Crippen molar-refractivity contribution in [1.29, 1.82) is 0 Å². The molecule has 1 amide bonds. The Bertz CT molecular complexity index is 1390. The third kappa shape index (κ3) is 5.30. The Hall–Kier alpha value is -4.26. The van der Waals surface area contributed by atoms with Crippen LogP contribution in [0.5, 0.6) is 23.0 Å². The molecule has 180 valence electrons. The number of carbonyl (C=O) groups is 1. The number of carbonyl (C=O) groups excluding carboxylic acids is 1. The Morgan fingerprint density at radius 2 is 1.49 bits per heavy atom. The van der Waals surface area contributed by atoms with E-state index in [4.69, 9.17) is 14.2 Å². The smallest absolute Gasteiger partial charge is 0.258 e. The van der Waals surface area contributed by atoms with Crippen LogP contribution in [0.1, 0.15) is 24.2 Å². The zero-order valence-electron chi connectivity index (χ0n) is 20.2. The molecule has 35 heavy (non-hydrogen) atoms. The van der Waals surface area contributed by atoms with E-state index in [2.05, 4.69) is 5.32 Å². The van der Waals surface area contributed by atoms with Crippen LogP contribution in [0.15, 0.2) is 77.7 Å². The van der Waals surface area contributed by atoms with Crippen molar-refractivity contribution in [3.05, 3.63) is 88.8 Å². The lowest BCUT2D eigenvalue weighted by Crippen LogP contribution is -2.25. The highest BCUT2D eigenvalue weighted by atomic mass is 16.5. The quantitative estimate of drug-likeness (QED) is 0.355. The van der Waals surface area contributed by atoms with E-state index in [0.29, 0.717) is 45.8 Å². The highest BCUT2D eigenvalue weighted by molar-refractivity contribution is 6.13. The molecule has 4 rings (SSSR count). The first-order chi connectivity index (χ1) is 16.9. The number of ether oxygens (including phenoxy) is 3. The largest absolute Gasteiger partial charge is 0.493 e. The Labute approximate surface area is 203 Å². The van der Waals surface area contributed by atoms with E-state index >= 15 is 0 Å². The van der Waals surface area contributed by atoms with Gasteiger partial charge in [0.05, 0.1) is 25.2 Å². The first-order valence-electron chi connectivity index (χ1n) is 11.3. The number of methoxy groups -OCH3 is 2. The monoisotopic (exact) mass is 472 g/mol. The van der Waals surface area contributed by atoms with Crippen molar-refractivity contribution < 1.29 is 19.0 Å². The van der Waals surface area contributed by atoms with Gasteiger partial charge in [-0.25, -0.2) is 0 Å². The van der Waals surface area contributed by atoms with Gasteiger partial charge in [0.25, 0.3) is 11.5 Å². The van der Waals surface area contributed by atoms with E-state index in [9.17, 15) is 9.59 Å². The number of aromatic nitrogens is 1. The van der Waals surface area contributed by atoms with Gasteiger partial charge in [-0.3, -0.25) is 9.59 Å². The minimum absolute atomic E-state index is 0.186. The molecule has 7 heteroatoms. The molecule has 0 bridgehead atoms. The number of nitrogens with zero attached hydrogens (tertiary/aromatic N) is 1. The van der Waals surface area contributed by atoms with Crippen LogP contribution in [0.25, 0.3) is 10.8 Å². The van der Waals surface area contributed by atoms with Gasteiger partial charge in [0.15, 0.2) is 11.5 Å². The molecule has 0 aliphatic carbocycles. The van der Waals surface area contributed by atoms with Gasteiger partial charge in [-0.2, -0.15) is 0 Å². The van der Waals surface area contributed by atoms with Crippen LogP contribution >= 0.6 is 0 Å². The number of nitrogens with one attached hydrogen (secondary N) is 1. The first-order valence-corrected chi connectivity index (χ1v) is 11.3. The molecule has 1 N–H and O–H groups in total. The van der Waals surface area contributed by atoms with Crippen molar-refractivity contribution in [1.82, 2.24) is 4.57 Å². The van der Waals surface area contributed by atoms with Gasteiger partial charge >= 0.3 is 0 Å². The van der Waals surface area contributed by atoms with Crippen molar-refractivity contribution in [2.24, 2.45) is 5.92 Å². The minimum atomic E-state index is -0.337. The number of rotatable bonds is 8. The molecule has 0 unspecified atom stereocenters. The van der Waals surface area contributed by atoms with E-state index in [1.54, 1.807) is 47.2 Å². The molecule has 0 aliphatic heterocycles. The minimum Gasteiger partial charge on any atom is -0.493 e. The van der Waals surface area contributed by atoms with Crippen molar-refractivity contribution in [3.8, 4) is 23.0 Å². The predicted molar refractivity (Wildman–Crippen MR) is 137 cm³/mol. The fourth-order valence-electron chi connectivity index (χ4n) is 3.86. The third-order valence-electron chi connectivity index (χ3n) is 5.49. The molecule has 1 heterocycles. The predicted octanol–water partition coefficient (Wildman–Crippen LogP) is 5.72. The third-order valence-corrected chi connectivity index (χ3v) is 5.49. The van der Waals surface area contributed by atoms with Crippen LogP contribution < -0.4 is 25.1 Å². The molecule has 0 saturated heterocycles. The zero-order valence-corrected chi connectivity index (χ0v) is 20.2. The van der Waals surface area contributed by atoms with E-state index in [1.165, 1.54) is 14.2 Å². The average Bonchev–Trinajstić information content (AvgIpc) is 2.86. The highest BCUT2D eigenvalue weighted by Crippen LogP contribution is 2.33. The zero-order chi connectivity index (χ0) is 24.9. The summed E-state index contributed by atoms with van der Waals surface area (Å²) in [6, 6.07) is 19.9. The fraction of sp³-hybridized carbons (Fsp3) is 0.214. The number of hydrogen-bond donors (Lipinski definition) is 1. The normalized spacial score (nSPS) is 10.9. The summed E-state index contributed by atoms with van der Waals surface area (Å²) in [5.41, 5.74) is 0.782. The highest BCUT2D eigenvalue weighted by Gasteiger charge is 2.19. The van der Waals surface area contributed by atoms with Gasteiger partial charge in [0.1, 0.15) is 11.5 Å². The lowest BCUT2D eigenvalue weighted by Gasteiger charge is -2.16. The number of pyridine rings is 1. The lowest BCUT2D eigenvalue weighted by molar-refractivity contribution is 0.102. The first kappa shape index (κ1) is 23.9. The second-order valence-electron chi connectivity index (χ2n) is 8.54. The summed E-state index contributed by atoms with van der Waals surface area (Å²) in [7, 11) is 3.03. The van der Waals surface area contributed by atoms with E-state index in [0.717, 1.165) is 5.75 Å². The number of benzene rings is 3. The van der Waals surface area contributed by atoms with Crippen molar-refractivity contribution in [2.45, 2.75) is 20.4 Å². The molecule has 3 aromatic carbocycles. The fourth-order valence-corrected chi connectivity index (χ4v) is 3.86. The van der Waals surface area contributed by atoms with Crippen LogP contribution in [0, 0.1) is 5.92 Å². The van der Waals surface area contributed by atoms with Crippen LogP contribution in [0.2, 0.25) is 0 Å². The van der Waals surface area contributed by atoms with E-state index < -0.39 is 0 Å². The summed E-state index contributed by atoms with van der Waals surface area (Å²) >= 11 is 0. The molecule has 0 fully saturated rings. The molecule has 0 spiro atoms. The Balaban J connectivity index is 1.68. The number of para-hydroxylation sites is 1. The van der Waals surface area contributed by atoms with Crippen molar-refractivity contribution in [3.63, 3.8) is 0 Å². The summed E-state index contributed by atoms with van der Waals surface area (Å²) in [5.74, 6) is 2.14. The standard InChI is InChI=1S/C28H28N2O5/c1-18(2)16-30-17-24(22-14-25(33-3)26(34-4)15-23(22)28(30)32)27(31)29-19-10-12-21(13-11-19)35-20-8-6-5-7-9-20/h5-15,17-18H,16H2,1-4H3,(H,29,31). The van der Waals surface area contributed by atoms with E-state index in [1.807, 2.05) is 44.2 Å². The van der Waals surface area contributed by atoms with Gasteiger partial charge < -0.3 is 24.1 Å². The van der Waals surface area contributed by atoms with Crippen LogP contribution in [-0.4, -0.2) is 24.7 Å². The maximum atomic E-state index is 13.4. The van der Waals surface area contributed by atoms with Gasteiger partial charge in [-0.05, 0) is 54.4 Å². The molecular weight excluding hydrogens is 444 g/mol. The Morgan fingerprint density at radius 3 is 2.09 bits per heavy atom. The number of anilines is 1. The molecule has 7 nitrogen and oxygen atoms in total. The molecule has 0 saturated carbocycles. The van der Waals surface area contributed by atoms with Crippen molar-refractivity contribution >= 4 is 22.4 Å². The van der Waals surface area contributed by atoms with Gasteiger partial charge in [0.2, 0.25) is 0 Å². The number of amides is 1. The molecule has 4 aromatic rings. The van der Waals surface area contributed by atoms with Crippen LogP contribution in [0.4, 0.5) is 5.69 Å². The topological polar surface area (TPSA) is 78.8 Å². The lowest BCUT2D eigenvalue weighted by atomic mass is 10.0. The summed E-state index contributed by atoms with van der Waals surface area (Å²) in [6.45, 7) is 4.52. The molecule has 0 atom stereocenters. The summed E-state index contributed by atoms with van der Waals surface area (Å²) < 4.78 is 18.2. The Kier molecular flexibility index (Phi) is 7.06. The molecule has 1 aromatic heterocycles. The van der Waals surface area contributed by atoms with Crippen molar-refractivity contribution in [2.75, 3.05) is 19.5 Å². The average molecular weight is 473 g/mol. The van der Waals surface area contributed by atoms with Crippen LogP contribution in [0.3, 0.4) is 0 Å². The molecular formula is C28H28N2O5. The van der Waals surface area contributed by atoms with Gasteiger partial charge in [-0.15, -0.1) is 0 Å². The van der Waals surface area contributed by atoms with E-state index in [-0.39, 0.29) is 17.4 Å². The second-order valence-corrected chi connectivity index (χ2v) is 8.54. The SMILES string of the molecule is COc1cc2c(C(=O)Nc3ccc(Oc4ccccc4)cc3)cn(CC(C)C)c(=O)c2cc1OC. The molecule has 0 aliphatic rings. The summed E-state index contributed by atoms with van der Waals surface area (Å²) in [5, 5.41) is 3.81. The maximum absolute atomic E-state index is 13.4. The summed E-state index contributed by atoms with van der Waals surface area (Å²) in [6.07, 6.45) is 1.61. The molecule has 0 radical (unpaired) electrons. The van der Waals surface area contributed by atoms with Gasteiger partial charge in [-0.1, -0.05) is 32.0 Å².